The van der Waals surface area contributed by atoms with Crippen molar-refractivity contribution in [3.05, 3.63) is 33.3 Å². The molecule has 0 aromatic heterocycles. The van der Waals surface area contributed by atoms with Crippen LogP contribution in [0.25, 0.3) is 0 Å². The van der Waals surface area contributed by atoms with E-state index in [-0.39, 0.29) is 21.9 Å². The molecule has 0 saturated carbocycles. The highest BCUT2D eigenvalue weighted by molar-refractivity contribution is 7.89. The summed E-state index contributed by atoms with van der Waals surface area (Å²) >= 11 is 5.71. The SMILES string of the molecule is CC1(CN)CCN(S(=O)(=O)c2ccc(Cl)cc2[N+](=O)[O-])C1. The Morgan fingerprint density at radius 2 is 2.19 bits per heavy atom. The van der Waals surface area contributed by atoms with Gasteiger partial charge in [-0.05, 0) is 30.5 Å². The summed E-state index contributed by atoms with van der Waals surface area (Å²) in [6.45, 7) is 2.82. The highest BCUT2D eigenvalue weighted by Gasteiger charge is 2.41. The summed E-state index contributed by atoms with van der Waals surface area (Å²) in [6, 6.07) is 3.56. The zero-order valence-electron chi connectivity index (χ0n) is 11.5. The molecule has 2 N–H and O–H groups in total. The normalized spacial score (nSPS) is 23.4. The molecular weight excluding hydrogens is 318 g/mol. The minimum absolute atomic E-state index is 0.119. The van der Waals surface area contributed by atoms with Crippen molar-refractivity contribution in [2.75, 3.05) is 19.6 Å². The first-order valence-corrected chi connectivity index (χ1v) is 8.16. The fraction of sp³-hybridized carbons (Fsp3) is 0.500. The molecule has 0 spiro atoms. The fourth-order valence-corrected chi connectivity index (χ4v) is 4.24. The summed E-state index contributed by atoms with van der Waals surface area (Å²) in [7, 11) is -3.93. The van der Waals surface area contributed by atoms with Crippen LogP contribution < -0.4 is 5.73 Å². The van der Waals surface area contributed by atoms with Crippen molar-refractivity contribution in [2.45, 2.75) is 18.2 Å². The van der Waals surface area contributed by atoms with E-state index in [1.807, 2.05) is 6.92 Å². The van der Waals surface area contributed by atoms with Gasteiger partial charge in [0.15, 0.2) is 4.90 Å². The van der Waals surface area contributed by atoms with Gasteiger partial charge in [-0.15, -0.1) is 0 Å². The first-order chi connectivity index (χ1) is 9.69. The number of nitro groups is 1. The lowest BCUT2D eigenvalue weighted by Crippen LogP contribution is -2.34. The second kappa shape index (κ2) is 5.53. The molecule has 0 amide bonds. The van der Waals surface area contributed by atoms with Crippen LogP contribution in [0.1, 0.15) is 13.3 Å². The quantitative estimate of drug-likeness (QED) is 0.665. The second-order valence-corrected chi connectivity index (χ2v) is 7.82. The van der Waals surface area contributed by atoms with Crippen LogP contribution in [0.4, 0.5) is 5.69 Å². The average molecular weight is 334 g/mol. The number of nitro benzene ring substituents is 1. The molecule has 1 aliphatic heterocycles. The number of benzene rings is 1. The third-order valence-electron chi connectivity index (χ3n) is 3.75. The van der Waals surface area contributed by atoms with E-state index >= 15 is 0 Å². The molecule has 0 radical (unpaired) electrons. The summed E-state index contributed by atoms with van der Waals surface area (Å²) in [6.07, 6.45) is 0.629. The van der Waals surface area contributed by atoms with Crippen LogP contribution in [-0.2, 0) is 10.0 Å². The molecule has 21 heavy (non-hydrogen) atoms. The number of nitrogens with two attached hydrogens (primary N) is 1. The van der Waals surface area contributed by atoms with Crippen molar-refractivity contribution in [3.8, 4) is 0 Å². The Hall–Kier alpha value is -1.22. The van der Waals surface area contributed by atoms with Crippen molar-refractivity contribution < 1.29 is 13.3 Å². The van der Waals surface area contributed by atoms with Gasteiger partial charge in [-0.2, -0.15) is 4.31 Å². The highest BCUT2D eigenvalue weighted by Crippen LogP contribution is 2.35. The Bertz CT molecular complexity index is 679. The lowest BCUT2D eigenvalue weighted by Gasteiger charge is -2.22. The van der Waals surface area contributed by atoms with E-state index in [1.165, 1.54) is 16.4 Å². The van der Waals surface area contributed by atoms with E-state index in [1.54, 1.807) is 0 Å². The standard InChI is InChI=1S/C12H16ClN3O4S/c1-12(7-14)4-5-15(8-12)21(19,20)11-3-2-9(13)6-10(11)16(17)18/h2-3,6H,4-5,7-8,14H2,1H3. The van der Waals surface area contributed by atoms with Gasteiger partial charge in [-0.1, -0.05) is 18.5 Å². The van der Waals surface area contributed by atoms with Gasteiger partial charge in [0, 0.05) is 24.2 Å². The molecule has 2 rings (SSSR count). The number of halogens is 1. The van der Waals surface area contributed by atoms with Gasteiger partial charge in [-0.25, -0.2) is 8.42 Å². The first-order valence-electron chi connectivity index (χ1n) is 6.34. The van der Waals surface area contributed by atoms with Crippen molar-refractivity contribution in [2.24, 2.45) is 11.1 Å². The second-order valence-electron chi connectivity index (χ2n) is 5.47. The minimum Gasteiger partial charge on any atom is -0.330 e. The van der Waals surface area contributed by atoms with E-state index in [9.17, 15) is 18.5 Å². The molecule has 1 aliphatic rings. The van der Waals surface area contributed by atoms with Crippen LogP contribution in [0.2, 0.25) is 5.02 Å². The highest BCUT2D eigenvalue weighted by atomic mass is 35.5. The van der Waals surface area contributed by atoms with E-state index < -0.39 is 20.6 Å². The van der Waals surface area contributed by atoms with Gasteiger partial charge in [-0.3, -0.25) is 10.1 Å². The molecule has 1 aromatic rings. The third-order valence-corrected chi connectivity index (χ3v) is 5.88. The molecule has 0 bridgehead atoms. The first kappa shape index (κ1) is 16.2. The van der Waals surface area contributed by atoms with Gasteiger partial charge >= 0.3 is 0 Å². The van der Waals surface area contributed by atoms with Gasteiger partial charge < -0.3 is 5.73 Å². The molecule has 116 valence electrons. The topological polar surface area (TPSA) is 107 Å². The largest absolute Gasteiger partial charge is 0.330 e. The molecule has 9 heteroatoms. The Labute approximate surface area is 127 Å². The summed E-state index contributed by atoms with van der Waals surface area (Å²) in [5.41, 5.74) is 4.86. The van der Waals surface area contributed by atoms with Crippen molar-refractivity contribution >= 4 is 27.3 Å². The minimum atomic E-state index is -3.93. The van der Waals surface area contributed by atoms with Crippen LogP contribution in [0.5, 0.6) is 0 Å². The predicted molar refractivity (Wildman–Crippen MR) is 78.6 cm³/mol. The van der Waals surface area contributed by atoms with Gasteiger partial charge in [0.1, 0.15) is 0 Å². The molecule has 1 atom stereocenters. The Morgan fingerprint density at radius 1 is 1.52 bits per heavy atom. The van der Waals surface area contributed by atoms with E-state index in [0.717, 1.165) is 6.07 Å². The lowest BCUT2D eigenvalue weighted by atomic mass is 9.90. The molecule has 1 heterocycles. The molecule has 1 saturated heterocycles. The third kappa shape index (κ3) is 3.03. The molecule has 7 nitrogen and oxygen atoms in total. The summed E-state index contributed by atoms with van der Waals surface area (Å²) < 4.78 is 26.5. The number of nitrogens with zero attached hydrogens (tertiary/aromatic N) is 2. The number of rotatable bonds is 4. The zero-order chi connectivity index (χ0) is 15.8. The number of hydrogen-bond donors (Lipinski definition) is 1. The fourth-order valence-electron chi connectivity index (χ4n) is 2.34. The molecule has 1 unspecified atom stereocenters. The maximum atomic E-state index is 12.6. The lowest BCUT2D eigenvalue weighted by molar-refractivity contribution is -0.387. The van der Waals surface area contributed by atoms with Crippen LogP contribution in [0, 0.1) is 15.5 Å². The zero-order valence-corrected chi connectivity index (χ0v) is 13.0. The monoisotopic (exact) mass is 333 g/mol. The van der Waals surface area contributed by atoms with Gasteiger partial charge in [0.2, 0.25) is 10.0 Å². The van der Waals surface area contributed by atoms with Crippen molar-refractivity contribution in [1.82, 2.24) is 4.31 Å². The van der Waals surface area contributed by atoms with Gasteiger partial charge in [0.25, 0.3) is 5.69 Å². The smallest absolute Gasteiger partial charge is 0.290 e. The van der Waals surface area contributed by atoms with Crippen molar-refractivity contribution in [3.63, 3.8) is 0 Å². The van der Waals surface area contributed by atoms with Crippen molar-refractivity contribution in [1.29, 1.82) is 0 Å². The number of hydrogen-bond acceptors (Lipinski definition) is 5. The predicted octanol–water partition coefficient (Wildman–Crippen LogP) is 1.61. The molecular formula is C12H16ClN3O4S. The van der Waals surface area contributed by atoms with E-state index in [4.69, 9.17) is 17.3 Å². The van der Waals surface area contributed by atoms with Crippen LogP contribution in [-0.4, -0.2) is 37.3 Å². The Kier molecular flexibility index (Phi) is 4.25. The molecule has 0 aliphatic carbocycles. The molecule has 1 aromatic carbocycles. The Balaban J connectivity index is 2.44. The van der Waals surface area contributed by atoms with Gasteiger partial charge in [0.05, 0.1) is 4.92 Å². The maximum Gasteiger partial charge on any atom is 0.290 e. The Morgan fingerprint density at radius 3 is 2.71 bits per heavy atom. The van der Waals surface area contributed by atoms with Crippen LogP contribution in [0.15, 0.2) is 23.1 Å². The average Bonchev–Trinajstić information content (AvgIpc) is 2.82. The molecule has 1 fully saturated rings. The van der Waals surface area contributed by atoms with Crippen LogP contribution >= 0.6 is 11.6 Å². The number of sulfonamides is 1. The van der Waals surface area contributed by atoms with E-state index in [2.05, 4.69) is 0 Å². The summed E-state index contributed by atoms with van der Waals surface area (Å²) in [4.78, 5) is 9.99. The summed E-state index contributed by atoms with van der Waals surface area (Å²) in [5.74, 6) is 0. The van der Waals surface area contributed by atoms with Crippen LogP contribution in [0.3, 0.4) is 0 Å². The maximum absolute atomic E-state index is 12.6. The van der Waals surface area contributed by atoms with E-state index in [0.29, 0.717) is 19.5 Å². The summed E-state index contributed by atoms with van der Waals surface area (Å²) in [5, 5.41) is 11.2.